The molecule has 5 aliphatic heterocycles. The number of thiophene rings is 1. The van der Waals surface area contributed by atoms with Crippen molar-refractivity contribution < 1.29 is 61.7 Å². The van der Waals surface area contributed by atoms with Crippen molar-refractivity contribution in [2.24, 2.45) is 0 Å². The number of rotatable bonds is 17. The number of benzene rings is 4. The molecule has 81 heavy (non-hydrogen) atoms. The first kappa shape index (κ1) is 56.6. The highest BCUT2D eigenvalue weighted by molar-refractivity contribution is 7.22. The second-order valence-corrected chi connectivity index (χ2v) is 22.0. The van der Waals surface area contributed by atoms with Gasteiger partial charge in [0.1, 0.15) is 84.6 Å². The van der Waals surface area contributed by atoms with Crippen LogP contribution in [0.25, 0.3) is 43.2 Å². The second-order valence-electron chi connectivity index (χ2n) is 20.3. The average Bonchev–Trinajstić information content (AvgIpc) is 4.13. The molecule has 0 spiro atoms. The number of hydrogen-bond donors (Lipinski definition) is 1. The van der Waals surface area contributed by atoms with Crippen LogP contribution in [0.5, 0.6) is 28.9 Å². The third-order valence-electron chi connectivity index (χ3n) is 14.9. The SMILES string of the molecule is CO[C@@H]1CO[C@@H]2C(OCCOCCOc3ccc(-c4nccc(COc5ccc6cc5C[C@H](C(=O)O)Oc5ncnc7sc(-c8ccc(F)cc8)c(c57)-c5c(C)c(Cl)c(c(Cl)c5C)OC(CN5CCN(C)CC5)CO6)n4)cc3)CO[C@@H]21. The number of hydrogen-bond acceptors (Lipinski definition) is 18. The number of carbonyl (C=O) groups is 1. The van der Waals surface area contributed by atoms with Crippen molar-refractivity contribution in [3.63, 3.8) is 0 Å². The number of nitrogens with zero attached hydrogens (tertiary/aromatic N) is 6. The van der Waals surface area contributed by atoms with Crippen LogP contribution in [0.2, 0.25) is 10.0 Å². The van der Waals surface area contributed by atoms with E-state index >= 15 is 0 Å². The predicted octanol–water partition coefficient (Wildman–Crippen LogP) is 9.18. The highest BCUT2D eigenvalue weighted by Gasteiger charge is 2.48. The van der Waals surface area contributed by atoms with Crippen LogP contribution in [0.3, 0.4) is 0 Å². The Morgan fingerprint density at radius 2 is 1.54 bits per heavy atom. The number of carboxylic acid groups (broad SMARTS) is 1. The molecule has 6 atom stereocenters. The topological polar surface area (TPSA) is 188 Å². The first-order valence-electron chi connectivity index (χ1n) is 26.8. The molecule has 8 heterocycles. The zero-order chi connectivity index (χ0) is 56.1. The third kappa shape index (κ3) is 12.7. The van der Waals surface area contributed by atoms with Crippen molar-refractivity contribution in [3.8, 4) is 61.8 Å². The fourth-order valence-corrected chi connectivity index (χ4v) is 12.2. The Balaban J connectivity index is 0.830. The van der Waals surface area contributed by atoms with Crippen LogP contribution in [0.1, 0.15) is 22.4 Å². The van der Waals surface area contributed by atoms with E-state index in [1.807, 2.05) is 38.1 Å². The van der Waals surface area contributed by atoms with Gasteiger partial charge in [-0.1, -0.05) is 35.3 Å². The van der Waals surface area contributed by atoms with E-state index in [0.29, 0.717) is 129 Å². The van der Waals surface area contributed by atoms with Crippen LogP contribution < -0.4 is 23.7 Å². The molecule has 426 valence electrons. The lowest BCUT2D eigenvalue weighted by atomic mass is 9.92. The lowest BCUT2D eigenvalue weighted by Crippen LogP contribution is -2.49. The number of carboxylic acids is 1. The van der Waals surface area contributed by atoms with Crippen molar-refractivity contribution in [1.29, 1.82) is 0 Å². The molecular weight excluding hydrogens is 1110 g/mol. The molecule has 7 aromatic rings. The summed E-state index contributed by atoms with van der Waals surface area (Å²) in [6.07, 6.45) is 0.323. The molecule has 3 fully saturated rings. The quantitative estimate of drug-likeness (QED) is 0.0849. The molecule has 0 saturated carbocycles. The normalized spacial score (nSPS) is 21.3. The molecule has 0 amide bonds. The van der Waals surface area contributed by atoms with Gasteiger partial charge >= 0.3 is 5.97 Å². The summed E-state index contributed by atoms with van der Waals surface area (Å²) in [7, 11) is 3.76. The Hall–Kier alpha value is -6.30. The Kier molecular flexibility index (Phi) is 17.8. The Labute approximate surface area is 481 Å². The van der Waals surface area contributed by atoms with Crippen LogP contribution in [0.4, 0.5) is 4.39 Å². The summed E-state index contributed by atoms with van der Waals surface area (Å²) in [5.74, 6) is 0.610. The number of halogens is 3. The molecule has 5 aliphatic rings. The molecule has 2 unspecified atom stereocenters. The standard InChI is InChI=1S/C59H61Cl2FN6O12S/c1-33-47-34(2)51(61)54(50(33)60)79-42(27-68-19-17-67(3)18-20-68)29-75-41-13-14-43(37(25-41)26-44(59(69)70)80-57-49-48(47)55(81-58(49)65-32-64-57)35-5-9-38(62)10-6-35)76-28-39-15-16-63-56(66-39)36-7-11-40(12-8-36)73-23-21-72-22-24-74-46-31-78-52-45(71-4)30-77-53(46)52/h5-16,25,32,42,44-46,52-53H,17-24,26-31H2,1-4H3,(H,69,70)/t42?,44-,45-,46?,52-,53-/m1/s1. The monoisotopic (exact) mass is 1170 g/mol. The number of aliphatic carboxylic acids is 1. The van der Waals surface area contributed by atoms with Crippen molar-refractivity contribution >= 4 is 50.7 Å². The van der Waals surface area contributed by atoms with E-state index in [4.69, 9.17) is 75.6 Å². The van der Waals surface area contributed by atoms with E-state index in [2.05, 4.69) is 31.8 Å². The smallest absolute Gasteiger partial charge is 0.345 e. The van der Waals surface area contributed by atoms with Gasteiger partial charge in [-0.2, -0.15) is 0 Å². The van der Waals surface area contributed by atoms with Gasteiger partial charge in [-0.25, -0.2) is 29.1 Å². The van der Waals surface area contributed by atoms with E-state index in [1.54, 1.807) is 49.7 Å². The lowest BCUT2D eigenvalue weighted by molar-refractivity contribution is -0.145. The van der Waals surface area contributed by atoms with Gasteiger partial charge in [-0.3, -0.25) is 4.90 Å². The zero-order valence-corrected chi connectivity index (χ0v) is 47.4. The molecule has 4 bridgehead atoms. The molecule has 18 nitrogen and oxygen atoms in total. The van der Waals surface area contributed by atoms with Crippen LogP contribution in [-0.2, 0) is 41.5 Å². The molecule has 0 radical (unpaired) electrons. The number of fused-ring (bicyclic) bond motifs is 8. The second kappa shape index (κ2) is 25.5. The molecule has 3 saturated heterocycles. The molecule has 12 rings (SSSR count). The van der Waals surface area contributed by atoms with E-state index in [-0.39, 0.29) is 60.0 Å². The minimum atomic E-state index is -1.49. The van der Waals surface area contributed by atoms with Crippen molar-refractivity contribution in [2.45, 2.75) is 63.5 Å². The maximum Gasteiger partial charge on any atom is 0.345 e. The van der Waals surface area contributed by atoms with Gasteiger partial charge < -0.3 is 57.4 Å². The minimum Gasteiger partial charge on any atom is -0.491 e. The summed E-state index contributed by atoms with van der Waals surface area (Å²) in [6, 6.07) is 20.6. The van der Waals surface area contributed by atoms with E-state index in [1.165, 1.54) is 29.8 Å². The van der Waals surface area contributed by atoms with E-state index in [0.717, 1.165) is 31.7 Å². The van der Waals surface area contributed by atoms with E-state index in [9.17, 15) is 14.3 Å². The highest BCUT2D eigenvalue weighted by Crippen LogP contribution is 2.53. The van der Waals surface area contributed by atoms with Crippen molar-refractivity contribution in [1.82, 2.24) is 29.7 Å². The van der Waals surface area contributed by atoms with Crippen molar-refractivity contribution in [2.75, 3.05) is 93.1 Å². The van der Waals surface area contributed by atoms with Gasteiger partial charge in [-0.05, 0) is 104 Å². The largest absolute Gasteiger partial charge is 0.491 e. The Morgan fingerprint density at radius 3 is 2.30 bits per heavy atom. The first-order chi connectivity index (χ1) is 39.4. The number of aromatic nitrogens is 4. The summed E-state index contributed by atoms with van der Waals surface area (Å²) in [6.45, 7) is 10.3. The summed E-state index contributed by atoms with van der Waals surface area (Å²) in [4.78, 5) is 37.8. The van der Waals surface area contributed by atoms with Gasteiger partial charge in [0.25, 0.3) is 0 Å². The van der Waals surface area contributed by atoms with Crippen LogP contribution in [0.15, 0.2) is 85.3 Å². The number of piperazine rings is 1. The maximum absolute atomic E-state index is 14.5. The van der Waals surface area contributed by atoms with Gasteiger partial charge in [0.2, 0.25) is 12.0 Å². The van der Waals surface area contributed by atoms with Crippen LogP contribution in [-0.4, -0.2) is 171 Å². The highest BCUT2D eigenvalue weighted by atomic mass is 35.5. The molecule has 22 heteroatoms. The maximum atomic E-state index is 14.5. The van der Waals surface area contributed by atoms with Gasteiger partial charge in [0.15, 0.2) is 11.6 Å². The van der Waals surface area contributed by atoms with Gasteiger partial charge in [0.05, 0.1) is 54.2 Å². The van der Waals surface area contributed by atoms with Crippen LogP contribution >= 0.6 is 34.5 Å². The van der Waals surface area contributed by atoms with Gasteiger partial charge in [0, 0.05) is 74.0 Å². The lowest BCUT2D eigenvalue weighted by Gasteiger charge is -2.35. The number of methoxy groups -OCH3 is 1. The fraction of sp³-hybridized carbons (Fsp3) is 0.407. The number of ether oxygens (including phenoxy) is 10. The first-order valence-corrected chi connectivity index (χ1v) is 28.3. The van der Waals surface area contributed by atoms with Crippen molar-refractivity contribution in [3.05, 3.63) is 124 Å². The fourth-order valence-electron chi connectivity index (χ4n) is 10.5. The summed E-state index contributed by atoms with van der Waals surface area (Å²) >= 11 is 16.0. The molecular formula is C59H61Cl2FN6O12S. The van der Waals surface area contributed by atoms with Gasteiger partial charge in [-0.15, -0.1) is 11.3 Å². The Morgan fingerprint density at radius 1 is 0.815 bits per heavy atom. The predicted molar refractivity (Wildman–Crippen MR) is 302 cm³/mol. The van der Waals surface area contributed by atoms with Crippen LogP contribution in [0, 0.1) is 19.7 Å². The summed E-state index contributed by atoms with van der Waals surface area (Å²) in [5.41, 5.74) is 5.03. The average molecular weight is 1170 g/mol. The minimum absolute atomic E-state index is 0.0130. The summed E-state index contributed by atoms with van der Waals surface area (Å²) < 4.78 is 75.6. The zero-order valence-electron chi connectivity index (χ0n) is 45.1. The molecule has 3 aromatic heterocycles. The molecule has 1 N–H and O–H groups in total. The molecule has 4 aromatic carbocycles. The summed E-state index contributed by atoms with van der Waals surface area (Å²) in [5, 5.41) is 12.0. The Bertz CT molecular complexity index is 3330. The third-order valence-corrected chi connectivity index (χ3v) is 16.9. The number of likely N-dealkylation sites (N-methyl/N-ethyl adjacent to an activating group) is 1. The van der Waals surface area contributed by atoms with E-state index < -0.39 is 24.0 Å². The molecule has 0 aliphatic carbocycles.